The quantitative estimate of drug-likeness (QED) is 0.676. The van der Waals surface area contributed by atoms with E-state index < -0.39 is 5.97 Å². The SMILES string of the molecule is CCOC(=O)C1=C2SCC(=CC(=O)O)N2CC1c1ccccc1. The number of esters is 1. The Labute approximate surface area is 138 Å². The molecule has 1 N–H and O–H groups in total. The third-order valence-corrected chi connectivity index (χ3v) is 5.03. The molecule has 1 saturated heterocycles. The zero-order valence-electron chi connectivity index (χ0n) is 12.7. The molecular formula is C17H17NO4S. The third-order valence-electron chi connectivity index (χ3n) is 3.88. The van der Waals surface area contributed by atoms with Gasteiger partial charge in [0.25, 0.3) is 0 Å². The summed E-state index contributed by atoms with van der Waals surface area (Å²) in [6, 6.07) is 9.78. The molecule has 0 radical (unpaired) electrons. The highest BCUT2D eigenvalue weighted by molar-refractivity contribution is 8.03. The van der Waals surface area contributed by atoms with Crippen LogP contribution < -0.4 is 0 Å². The maximum atomic E-state index is 12.4. The summed E-state index contributed by atoms with van der Waals surface area (Å²) in [4.78, 5) is 25.4. The van der Waals surface area contributed by atoms with Gasteiger partial charge in [-0.25, -0.2) is 9.59 Å². The topological polar surface area (TPSA) is 66.8 Å². The molecule has 0 amide bonds. The Morgan fingerprint density at radius 1 is 1.39 bits per heavy atom. The van der Waals surface area contributed by atoms with E-state index in [0.29, 0.717) is 24.5 Å². The van der Waals surface area contributed by atoms with Crippen LogP contribution >= 0.6 is 11.8 Å². The molecule has 2 heterocycles. The molecule has 2 aliphatic heterocycles. The molecule has 120 valence electrons. The summed E-state index contributed by atoms with van der Waals surface area (Å²) in [7, 11) is 0. The number of carbonyl (C=O) groups excluding carboxylic acids is 1. The number of nitrogens with zero attached hydrogens (tertiary/aromatic N) is 1. The van der Waals surface area contributed by atoms with Gasteiger partial charge in [0.05, 0.1) is 17.2 Å². The number of aliphatic carboxylic acids is 1. The second-order valence-corrected chi connectivity index (χ2v) is 6.24. The van der Waals surface area contributed by atoms with Crippen LogP contribution in [0.2, 0.25) is 0 Å². The van der Waals surface area contributed by atoms with Crippen LogP contribution in [0.3, 0.4) is 0 Å². The van der Waals surface area contributed by atoms with Crippen LogP contribution in [0.1, 0.15) is 18.4 Å². The largest absolute Gasteiger partial charge is 0.478 e. The molecular weight excluding hydrogens is 314 g/mol. The summed E-state index contributed by atoms with van der Waals surface area (Å²) < 4.78 is 5.23. The first-order chi connectivity index (χ1) is 11.1. The molecule has 1 aromatic rings. The molecule has 0 aliphatic carbocycles. The highest BCUT2D eigenvalue weighted by atomic mass is 32.2. The van der Waals surface area contributed by atoms with E-state index in [2.05, 4.69) is 0 Å². The zero-order chi connectivity index (χ0) is 16.4. The number of benzene rings is 1. The molecule has 1 unspecified atom stereocenters. The first-order valence-corrected chi connectivity index (χ1v) is 8.40. The van der Waals surface area contributed by atoms with Crippen molar-refractivity contribution in [2.45, 2.75) is 12.8 Å². The summed E-state index contributed by atoms with van der Waals surface area (Å²) in [5.41, 5.74) is 2.39. The maximum absolute atomic E-state index is 12.4. The Hall–Kier alpha value is -2.21. The molecule has 5 nitrogen and oxygen atoms in total. The number of hydrogen-bond donors (Lipinski definition) is 1. The summed E-state index contributed by atoms with van der Waals surface area (Å²) in [5, 5.41) is 9.84. The van der Waals surface area contributed by atoms with E-state index in [-0.39, 0.29) is 11.9 Å². The van der Waals surface area contributed by atoms with Crippen LogP contribution in [-0.2, 0) is 14.3 Å². The van der Waals surface area contributed by atoms with Crippen LogP contribution in [0.25, 0.3) is 0 Å². The first-order valence-electron chi connectivity index (χ1n) is 7.42. The summed E-state index contributed by atoms with van der Waals surface area (Å²) in [6.45, 7) is 2.67. The average molecular weight is 331 g/mol. The van der Waals surface area contributed by atoms with E-state index in [1.54, 1.807) is 6.92 Å². The van der Waals surface area contributed by atoms with E-state index in [1.807, 2.05) is 35.2 Å². The van der Waals surface area contributed by atoms with Crippen LogP contribution in [0.4, 0.5) is 0 Å². The second kappa shape index (κ2) is 6.50. The van der Waals surface area contributed by atoms with Gasteiger partial charge in [0, 0.05) is 30.0 Å². The molecule has 1 atom stereocenters. The number of rotatable bonds is 4. The first kappa shape index (κ1) is 15.7. The van der Waals surface area contributed by atoms with Crippen molar-refractivity contribution in [1.29, 1.82) is 0 Å². The lowest BCUT2D eigenvalue weighted by molar-refractivity contribution is -0.138. The fourth-order valence-corrected chi connectivity index (χ4v) is 4.19. The smallest absolute Gasteiger partial charge is 0.337 e. The Kier molecular flexibility index (Phi) is 4.43. The number of ether oxygens (including phenoxy) is 1. The highest BCUT2D eigenvalue weighted by Crippen LogP contribution is 2.48. The molecule has 23 heavy (non-hydrogen) atoms. The molecule has 0 saturated carbocycles. The van der Waals surface area contributed by atoms with Crippen molar-refractivity contribution in [2.75, 3.05) is 18.9 Å². The van der Waals surface area contributed by atoms with Crippen molar-refractivity contribution in [3.05, 3.63) is 58.3 Å². The van der Waals surface area contributed by atoms with E-state index in [1.165, 1.54) is 17.8 Å². The van der Waals surface area contributed by atoms with Crippen molar-refractivity contribution in [3.8, 4) is 0 Å². The predicted octanol–water partition coefficient (Wildman–Crippen LogP) is 2.58. The Balaban J connectivity index is 2.02. The third kappa shape index (κ3) is 2.99. The van der Waals surface area contributed by atoms with E-state index >= 15 is 0 Å². The minimum Gasteiger partial charge on any atom is -0.478 e. The van der Waals surface area contributed by atoms with Crippen LogP contribution in [0.5, 0.6) is 0 Å². The lowest BCUT2D eigenvalue weighted by Gasteiger charge is -2.18. The van der Waals surface area contributed by atoms with Crippen molar-refractivity contribution in [1.82, 2.24) is 4.90 Å². The van der Waals surface area contributed by atoms with Crippen molar-refractivity contribution in [3.63, 3.8) is 0 Å². The van der Waals surface area contributed by atoms with Crippen molar-refractivity contribution >= 4 is 23.7 Å². The number of thioether (sulfide) groups is 1. The monoisotopic (exact) mass is 331 g/mol. The maximum Gasteiger partial charge on any atom is 0.337 e. The van der Waals surface area contributed by atoms with Crippen LogP contribution in [0, 0.1) is 0 Å². The minimum atomic E-state index is -0.970. The van der Waals surface area contributed by atoms with E-state index in [0.717, 1.165) is 16.3 Å². The number of carbonyl (C=O) groups is 2. The van der Waals surface area contributed by atoms with Gasteiger partial charge < -0.3 is 14.7 Å². The van der Waals surface area contributed by atoms with Crippen molar-refractivity contribution in [2.24, 2.45) is 0 Å². The van der Waals surface area contributed by atoms with Gasteiger partial charge in [-0.15, -0.1) is 11.8 Å². The van der Waals surface area contributed by atoms with Gasteiger partial charge in [-0.05, 0) is 12.5 Å². The normalized spacial score (nSPS) is 21.7. The predicted molar refractivity (Wildman–Crippen MR) is 87.7 cm³/mol. The average Bonchev–Trinajstić information content (AvgIpc) is 3.08. The molecule has 1 aromatic carbocycles. The molecule has 3 rings (SSSR count). The summed E-state index contributed by atoms with van der Waals surface area (Å²) in [5.74, 6) is -0.827. The van der Waals surface area contributed by atoms with Gasteiger partial charge in [-0.2, -0.15) is 0 Å². The highest BCUT2D eigenvalue weighted by Gasteiger charge is 2.42. The molecule has 2 aliphatic rings. The number of carboxylic acids is 1. The number of fused-ring (bicyclic) bond motifs is 1. The van der Waals surface area contributed by atoms with Gasteiger partial charge >= 0.3 is 11.9 Å². The van der Waals surface area contributed by atoms with Gasteiger partial charge in [-0.3, -0.25) is 0 Å². The van der Waals surface area contributed by atoms with Gasteiger partial charge in [0.15, 0.2) is 0 Å². The van der Waals surface area contributed by atoms with Crippen LogP contribution in [0.15, 0.2) is 52.7 Å². The Morgan fingerprint density at radius 2 is 2.13 bits per heavy atom. The lowest BCUT2D eigenvalue weighted by atomic mass is 9.93. The molecule has 0 spiro atoms. The minimum absolute atomic E-state index is 0.102. The summed E-state index contributed by atoms with van der Waals surface area (Å²) in [6.07, 6.45) is 1.22. The zero-order valence-corrected chi connectivity index (χ0v) is 13.5. The van der Waals surface area contributed by atoms with Gasteiger partial charge in [-0.1, -0.05) is 30.3 Å². The fourth-order valence-electron chi connectivity index (χ4n) is 2.93. The Morgan fingerprint density at radius 3 is 2.78 bits per heavy atom. The molecule has 1 fully saturated rings. The number of hydrogen-bond acceptors (Lipinski definition) is 5. The van der Waals surface area contributed by atoms with Crippen LogP contribution in [-0.4, -0.2) is 40.8 Å². The van der Waals surface area contributed by atoms with E-state index in [4.69, 9.17) is 9.84 Å². The van der Waals surface area contributed by atoms with Crippen molar-refractivity contribution < 1.29 is 19.4 Å². The lowest BCUT2D eigenvalue weighted by Crippen LogP contribution is -2.19. The fraction of sp³-hybridized carbons (Fsp3) is 0.294. The molecule has 6 heteroatoms. The Bertz CT molecular complexity index is 696. The summed E-state index contributed by atoms with van der Waals surface area (Å²) >= 11 is 1.50. The second-order valence-electron chi connectivity index (χ2n) is 5.28. The standard InChI is InChI=1S/C17H17NO4S/c1-2-22-17(21)15-13(11-6-4-3-5-7-11)9-18-12(8-14(19)20)10-23-16(15)18/h3-8,13H,2,9-10H2,1H3,(H,19,20). The molecule has 0 aromatic heterocycles. The molecule has 0 bridgehead atoms. The van der Waals surface area contributed by atoms with Gasteiger partial charge in [0.2, 0.25) is 0 Å². The van der Waals surface area contributed by atoms with E-state index in [9.17, 15) is 9.59 Å². The van der Waals surface area contributed by atoms with Gasteiger partial charge in [0.1, 0.15) is 0 Å². The number of carboxylic acid groups (broad SMARTS) is 1.